The molecule has 0 radical (unpaired) electrons. The summed E-state index contributed by atoms with van der Waals surface area (Å²) in [5.74, 6) is 0.144. The van der Waals surface area contributed by atoms with Gasteiger partial charge in [0.2, 0.25) is 0 Å². The number of carbonyl (C=O) groups is 1. The summed E-state index contributed by atoms with van der Waals surface area (Å²) in [5.41, 5.74) is 2.08. The lowest BCUT2D eigenvalue weighted by Gasteiger charge is -2.16. The molecule has 0 saturated carbocycles. The van der Waals surface area contributed by atoms with Gasteiger partial charge in [0.25, 0.3) is 0 Å². The fourth-order valence-electron chi connectivity index (χ4n) is 1.77. The number of aliphatic hydroxyl groups is 1. The van der Waals surface area contributed by atoms with Crippen LogP contribution >= 0.6 is 0 Å². The van der Waals surface area contributed by atoms with E-state index in [4.69, 9.17) is 0 Å². The van der Waals surface area contributed by atoms with E-state index in [1.54, 1.807) is 6.92 Å². The molecule has 19 heavy (non-hydrogen) atoms. The molecule has 0 aliphatic carbocycles. The maximum atomic E-state index is 11.2. The van der Waals surface area contributed by atoms with Gasteiger partial charge in [-0.3, -0.25) is 4.79 Å². The topological polar surface area (TPSA) is 58.6 Å². The number of hydrogen-bond donors (Lipinski definition) is 2. The van der Waals surface area contributed by atoms with Crippen LogP contribution in [0.1, 0.15) is 43.9 Å². The molecule has 1 aromatic carbocycles. The SMILES string of the molecule is COC(=O)C(C)NCC(O)c1ccc(C(C)C)cc1. The molecule has 0 spiro atoms. The third-order valence-corrected chi connectivity index (χ3v) is 3.16. The zero-order valence-corrected chi connectivity index (χ0v) is 12.0. The fraction of sp³-hybridized carbons (Fsp3) is 0.533. The van der Waals surface area contributed by atoms with Crippen LogP contribution in [-0.2, 0) is 9.53 Å². The average molecular weight is 265 g/mol. The van der Waals surface area contributed by atoms with Crippen LogP contribution in [0.15, 0.2) is 24.3 Å². The van der Waals surface area contributed by atoms with Crippen molar-refractivity contribution in [3.05, 3.63) is 35.4 Å². The Labute approximate surface area is 114 Å². The Bertz CT molecular complexity index is 400. The van der Waals surface area contributed by atoms with Gasteiger partial charge in [0, 0.05) is 6.54 Å². The second-order valence-electron chi connectivity index (χ2n) is 4.99. The maximum Gasteiger partial charge on any atom is 0.322 e. The summed E-state index contributed by atoms with van der Waals surface area (Å²) in [6, 6.07) is 7.46. The first-order chi connectivity index (χ1) is 8.95. The van der Waals surface area contributed by atoms with E-state index >= 15 is 0 Å². The maximum absolute atomic E-state index is 11.2. The molecule has 0 bridgehead atoms. The van der Waals surface area contributed by atoms with E-state index in [1.807, 2.05) is 24.3 Å². The van der Waals surface area contributed by atoms with Gasteiger partial charge in [0.15, 0.2) is 0 Å². The molecule has 0 fully saturated rings. The molecule has 4 heteroatoms. The Morgan fingerprint density at radius 2 is 1.74 bits per heavy atom. The van der Waals surface area contributed by atoms with E-state index in [2.05, 4.69) is 23.9 Å². The molecule has 2 atom stereocenters. The van der Waals surface area contributed by atoms with Crippen LogP contribution in [0.25, 0.3) is 0 Å². The third kappa shape index (κ3) is 4.65. The molecular formula is C15H23NO3. The summed E-state index contributed by atoms with van der Waals surface area (Å²) in [6.45, 7) is 6.29. The van der Waals surface area contributed by atoms with E-state index in [0.717, 1.165) is 5.56 Å². The molecule has 1 rings (SSSR count). The van der Waals surface area contributed by atoms with Crippen molar-refractivity contribution in [2.75, 3.05) is 13.7 Å². The zero-order valence-electron chi connectivity index (χ0n) is 12.0. The van der Waals surface area contributed by atoms with Crippen molar-refractivity contribution >= 4 is 5.97 Å². The summed E-state index contributed by atoms with van der Waals surface area (Å²) in [6.07, 6.45) is -0.631. The molecule has 2 N–H and O–H groups in total. The lowest BCUT2D eigenvalue weighted by Crippen LogP contribution is -2.37. The summed E-state index contributed by atoms with van der Waals surface area (Å²) >= 11 is 0. The molecule has 2 unspecified atom stereocenters. The standard InChI is InChI=1S/C15H23NO3/c1-10(2)12-5-7-13(8-6-12)14(17)9-16-11(3)15(18)19-4/h5-8,10-11,14,16-17H,9H2,1-4H3. The number of methoxy groups -OCH3 is 1. The Hall–Kier alpha value is -1.39. The van der Waals surface area contributed by atoms with E-state index in [-0.39, 0.29) is 5.97 Å². The summed E-state index contributed by atoms with van der Waals surface area (Å²) in [4.78, 5) is 11.2. The second kappa shape index (κ2) is 7.26. The third-order valence-electron chi connectivity index (χ3n) is 3.16. The lowest BCUT2D eigenvalue weighted by molar-refractivity contribution is -0.142. The molecular weight excluding hydrogens is 242 g/mol. The number of esters is 1. The van der Waals surface area contributed by atoms with Crippen LogP contribution in [0.2, 0.25) is 0 Å². The minimum absolute atomic E-state index is 0.317. The molecule has 0 heterocycles. The van der Waals surface area contributed by atoms with Gasteiger partial charge < -0.3 is 15.2 Å². The predicted molar refractivity (Wildman–Crippen MR) is 75.0 cm³/mol. The number of ether oxygens (including phenoxy) is 1. The number of rotatable bonds is 6. The van der Waals surface area contributed by atoms with Gasteiger partial charge in [0.1, 0.15) is 6.04 Å². The Morgan fingerprint density at radius 1 is 1.21 bits per heavy atom. The average Bonchev–Trinajstić information content (AvgIpc) is 2.43. The fourth-order valence-corrected chi connectivity index (χ4v) is 1.77. The zero-order chi connectivity index (χ0) is 14.4. The summed E-state index contributed by atoms with van der Waals surface area (Å²) in [5, 5.41) is 13.0. The number of carbonyl (C=O) groups excluding carboxylic acids is 1. The number of hydrogen-bond acceptors (Lipinski definition) is 4. The van der Waals surface area contributed by atoms with Crippen LogP contribution < -0.4 is 5.32 Å². The summed E-state index contributed by atoms with van der Waals surface area (Å²) < 4.78 is 4.61. The second-order valence-corrected chi connectivity index (χ2v) is 4.99. The van der Waals surface area contributed by atoms with Gasteiger partial charge in [0.05, 0.1) is 13.2 Å². The first-order valence-corrected chi connectivity index (χ1v) is 6.54. The normalized spacial score (nSPS) is 14.2. The highest BCUT2D eigenvalue weighted by molar-refractivity contribution is 5.75. The van der Waals surface area contributed by atoms with Crippen molar-refractivity contribution in [2.24, 2.45) is 0 Å². The van der Waals surface area contributed by atoms with Crippen molar-refractivity contribution in [1.29, 1.82) is 0 Å². The van der Waals surface area contributed by atoms with Crippen LogP contribution in [0.3, 0.4) is 0 Å². The van der Waals surface area contributed by atoms with Gasteiger partial charge >= 0.3 is 5.97 Å². The molecule has 1 aromatic rings. The first-order valence-electron chi connectivity index (χ1n) is 6.54. The van der Waals surface area contributed by atoms with Crippen LogP contribution in [-0.4, -0.2) is 30.8 Å². The van der Waals surface area contributed by atoms with E-state index in [1.165, 1.54) is 12.7 Å². The highest BCUT2D eigenvalue weighted by Gasteiger charge is 2.15. The minimum Gasteiger partial charge on any atom is -0.468 e. The van der Waals surface area contributed by atoms with Crippen molar-refractivity contribution in [2.45, 2.75) is 38.8 Å². The van der Waals surface area contributed by atoms with E-state index < -0.39 is 12.1 Å². The highest BCUT2D eigenvalue weighted by atomic mass is 16.5. The molecule has 106 valence electrons. The predicted octanol–water partition coefficient (Wildman–Crippen LogP) is 1.99. The van der Waals surface area contributed by atoms with E-state index in [9.17, 15) is 9.90 Å². The van der Waals surface area contributed by atoms with Gasteiger partial charge in [-0.25, -0.2) is 0 Å². The monoisotopic (exact) mass is 265 g/mol. The number of aliphatic hydroxyl groups excluding tert-OH is 1. The minimum atomic E-state index is -0.631. The van der Waals surface area contributed by atoms with Gasteiger partial charge in [-0.15, -0.1) is 0 Å². The highest BCUT2D eigenvalue weighted by Crippen LogP contribution is 2.18. The number of nitrogens with one attached hydrogen (secondary N) is 1. The van der Waals surface area contributed by atoms with Crippen LogP contribution in [0.4, 0.5) is 0 Å². The molecule has 0 aliphatic heterocycles. The molecule has 0 saturated heterocycles. The molecule has 0 aliphatic rings. The van der Waals surface area contributed by atoms with Crippen LogP contribution in [0.5, 0.6) is 0 Å². The van der Waals surface area contributed by atoms with E-state index in [0.29, 0.717) is 12.5 Å². The molecule has 4 nitrogen and oxygen atoms in total. The Balaban J connectivity index is 2.53. The van der Waals surface area contributed by atoms with Gasteiger partial charge in [-0.05, 0) is 24.0 Å². The quantitative estimate of drug-likeness (QED) is 0.772. The number of benzene rings is 1. The lowest BCUT2D eigenvalue weighted by atomic mass is 10.00. The van der Waals surface area contributed by atoms with Crippen LogP contribution in [0, 0.1) is 0 Å². The summed E-state index contributed by atoms with van der Waals surface area (Å²) in [7, 11) is 1.35. The Kier molecular flexibility index (Phi) is 5.99. The largest absolute Gasteiger partial charge is 0.468 e. The van der Waals surface area contributed by atoms with Crippen molar-refractivity contribution in [1.82, 2.24) is 5.32 Å². The first kappa shape index (κ1) is 15.7. The van der Waals surface area contributed by atoms with Gasteiger partial charge in [-0.1, -0.05) is 38.1 Å². The van der Waals surface area contributed by atoms with Crippen molar-refractivity contribution in [3.8, 4) is 0 Å². The van der Waals surface area contributed by atoms with Crippen molar-refractivity contribution in [3.63, 3.8) is 0 Å². The molecule has 0 aromatic heterocycles. The molecule has 0 amide bonds. The van der Waals surface area contributed by atoms with Gasteiger partial charge in [-0.2, -0.15) is 0 Å². The smallest absolute Gasteiger partial charge is 0.322 e. The van der Waals surface area contributed by atoms with Crippen molar-refractivity contribution < 1.29 is 14.6 Å². The Morgan fingerprint density at radius 3 is 2.21 bits per heavy atom.